The predicted octanol–water partition coefficient (Wildman–Crippen LogP) is 22.2. The molecule has 400 valence electrons. The fraction of sp³-hybridized carbons (Fsp3) is 0.0380. The lowest BCUT2D eigenvalue weighted by atomic mass is 9.65. The summed E-state index contributed by atoms with van der Waals surface area (Å²) < 4.78 is 16.4. The van der Waals surface area contributed by atoms with Crippen molar-refractivity contribution in [3.63, 3.8) is 0 Å². The molecule has 0 radical (unpaired) electrons. The minimum Gasteiger partial charge on any atom is -0.465 e. The van der Waals surface area contributed by atoms with Crippen LogP contribution in [0.1, 0.15) is 33.4 Å². The lowest BCUT2D eigenvalue weighted by molar-refractivity contribution is 0.670. The van der Waals surface area contributed by atoms with Crippen molar-refractivity contribution >= 4 is 133 Å². The zero-order chi connectivity index (χ0) is 57.1. The third-order valence-electron chi connectivity index (χ3n) is 18.5. The van der Waals surface area contributed by atoms with Crippen molar-refractivity contribution in [3.8, 4) is 16.8 Å². The highest BCUT2D eigenvalue weighted by Gasteiger charge is 2.52. The van der Waals surface area contributed by atoms with Gasteiger partial charge in [0.1, 0.15) is 11.2 Å². The van der Waals surface area contributed by atoms with E-state index < -0.39 is 5.41 Å². The Bertz CT molecular complexity index is 5640. The molecule has 0 unspecified atom stereocenters. The van der Waals surface area contributed by atoms with E-state index >= 15 is 0 Å². The van der Waals surface area contributed by atoms with Gasteiger partial charge in [-0.15, -0.1) is 0 Å². The second kappa shape index (κ2) is 17.7. The van der Waals surface area contributed by atoms with Gasteiger partial charge in [-0.25, -0.2) is 9.69 Å². The molecule has 0 bridgehead atoms. The van der Waals surface area contributed by atoms with Crippen LogP contribution in [0.5, 0.6) is 0 Å². The van der Waals surface area contributed by atoms with Crippen molar-refractivity contribution in [3.05, 3.63) is 305 Å². The molecular weight excluding hydrogens is 1050 g/mol. The van der Waals surface area contributed by atoms with Gasteiger partial charge < -0.3 is 23.2 Å². The van der Waals surface area contributed by atoms with E-state index in [0.717, 1.165) is 99.9 Å². The smallest absolute Gasteiger partial charge is 0.229 e. The fourth-order valence-corrected chi connectivity index (χ4v) is 14.8. The second-order valence-corrected chi connectivity index (χ2v) is 23.0. The first kappa shape index (κ1) is 47.9. The van der Waals surface area contributed by atoms with Crippen LogP contribution in [0.2, 0.25) is 0 Å². The van der Waals surface area contributed by atoms with Gasteiger partial charge in [-0.05, 0) is 142 Å². The quantitative estimate of drug-likeness (QED) is 0.156. The summed E-state index contributed by atoms with van der Waals surface area (Å²) >= 11 is 0. The SMILES string of the molecule is [C-]#[N+]c1cccc2c1oc1c(N(c3ccc(C)cc3)c3ccc4c(c3)c3cc(N(c5ccc(C)cc5)c5cccc6c5oc5c([N+]#[C-])cccc56)cc5c3n4-c3ccccc3C53c4ccc5ccccc5c4-c4c3ccc3ccccc43)cccc12. The molecular formula is C79H47N5O2. The lowest BCUT2D eigenvalue weighted by Crippen LogP contribution is -2.33. The third kappa shape index (κ3) is 6.38. The molecule has 4 heterocycles. The van der Waals surface area contributed by atoms with Crippen molar-refractivity contribution in [2.24, 2.45) is 0 Å². The van der Waals surface area contributed by atoms with Crippen molar-refractivity contribution in [2.75, 3.05) is 9.80 Å². The molecule has 7 nitrogen and oxygen atoms in total. The largest absolute Gasteiger partial charge is 0.465 e. The number of hydrogen-bond donors (Lipinski definition) is 0. The number of nitrogens with zero attached hydrogens (tertiary/aromatic N) is 5. The van der Waals surface area contributed by atoms with E-state index in [0.29, 0.717) is 33.7 Å². The zero-order valence-electron chi connectivity index (χ0n) is 46.7. The molecule has 0 N–H and O–H groups in total. The first-order valence-electron chi connectivity index (χ1n) is 29.0. The van der Waals surface area contributed by atoms with Crippen molar-refractivity contribution in [2.45, 2.75) is 19.3 Å². The number of para-hydroxylation sites is 5. The molecule has 7 heteroatoms. The van der Waals surface area contributed by atoms with Crippen LogP contribution in [-0.4, -0.2) is 4.57 Å². The third-order valence-corrected chi connectivity index (χ3v) is 18.5. The molecule has 1 aliphatic heterocycles. The Hall–Kier alpha value is -11.6. The summed E-state index contributed by atoms with van der Waals surface area (Å²) in [7, 11) is 0. The van der Waals surface area contributed by atoms with Gasteiger partial charge in [0, 0.05) is 55.1 Å². The topological polar surface area (TPSA) is 46.4 Å². The van der Waals surface area contributed by atoms with E-state index in [2.05, 4.69) is 256 Å². The van der Waals surface area contributed by atoms with Gasteiger partial charge in [-0.2, -0.15) is 0 Å². The van der Waals surface area contributed by atoms with Gasteiger partial charge >= 0.3 is 0 Å². The van der Waals surface area contributed by atoms with Crippen LogP contribution >= 0.6 is 0 Å². The first-order valence-corrected chi connectivity index (χ1v) is 29.0. The maximum atomic E-state index is 8.20. The van der Waals surface area contributed by atoms with Crippen molar-refractivity contribution in [1.82, 2.24) is 4.57 Å². The Morgan fingerprint density at radius 3 is 1.38 bits per heavy atom. The molecule has 0 amide bonds. The molecule has 0 saturated heterocycles. The van der Waals surface area contributed by atoms with Gasteiger partial charge in [0.25, 0.3) is 0 Å². The first-order chi connectivity index (χ1) is 42.4. The Labute approximate surface area is 494 Å². The van der Waals surface area contributed by atoms with Crippen LogP contribution in [-0.2, 0) is 5.41 Å². The summed E-state index contributed by atoms with van der Waals surface area (Å²) in [5.41, 5.74) is 21.2. The lowest BCUT2D eigenvalue weighted by Gasteiger charge is -2.40. The molecule has 1 aliphatic carbocycles. The highest BCUT2D eigenvalue weighted by molar-refractivity contribution is 6.20. The summed E-state index contributed by atoms with van der Waals surface area (Å²) in [5.74, 6) is 0. The number of aryl methyl sites for hydroxylation is 2. The van der Waals surface area contributed by atoms with Crippen LogP contribution < -0.4 is 9.80 Å². The molecule has 0 atom stereocenters. The van der Waals surface area contributed by atoms with Crippen LogP contribution in [0.25, 0.3) is 114 Å². The maximum absolute atomic E-state index is 8.20. The van der Waals surface area contributed by atoms with Crippen LogP contribution in [0.15, 0.2) is 258 Å². The van der Waals surface area contributed by atoms with E-state index in [1.807, 2.05) is 30.3 Å². The van der Waals surface area contributed by atoms with E-state index in [9.17, 15) is 0 Å². The number of fused-ring (bicyclic) bond motifs is 22. The summed E-state index contributed by atoms with van der Waals surface area (Å²) in [6.07, 6.45) is 0. The Kier molecular flexibility index (Phi) is 9.86. The van der Waals surface area contributed by atoms with Crippen LogP contribution in [0, 0.1) is 27.0 Å². The van der Waals surface area contributed by atoms with Crippen molar-refractivity contribution < 1.29 is 8.83 Å². The van der Waals surface area contributed by atoms with E-state index in [4.69, 9.17) is 22.0 Å². The molecule has 1 spiro atoms. The predicted molar refractivity (Wildman–Crippen MR) is 353 cm³/mol. The maximum Gasteiger partial charge on any atom is 0.229 e. The monoisotopic (exact) mass is 1100 g/mol. The van der Waals surface area contributed by atoms with Gasteiger partial charge in [0.05, 0.1) is 46.7 Å². The molecule has 18 rings (SSSR count). The van der Waals surface area contributed by atoms with Crippen molar-refractivity contribution in [1.29, 1.82) is 0 Å². The number of anilines is 6. The van der Waals surface area contributed by atoms with E-state index in [1.165, 1.54) is 49.4 Å². The standard InChI is InChI=1S/C79H47N5O2/c1-46-29-35-50(36-30-46)82(70-27-13-21-58-56-19-11-24-66(80-3)75(56)85-77(58)70)52-39-42-68-60(43-52)61-44-53(83(51-37-31-47(2)32-38-51)71-28-14-22-59-57-20-12-25-67(81-4)76(57)86-78(59)71)45-65-74(61)84(68)69-26-10-9-23-62(69)79(65)63-40-33-48-15-5-7-17-54(48)72(63)73-55-18-8-6-16-49(55)34-41-64(73)79/h5-45H,1-2H3. The summed E-state index contributed by atoms with van der Waals surface area (Å²) in [6.45, 7) is 20.5. The molecule has 0 saturated carbocycles. The van der Waals surface area contributed by atoms with Crippen LogP contribution in [0.4, 0.5) is 45.5 Å². The number of rotatable bonds is 6. The highest BCUT2D eigenvalue weighted by Crippen LogP contribution is 2.64. The van der Waals surface area contributed by atoms with E-state index in [1.54, 1.807) is 0 Å². The van der Waals surface area contributed by atoms with Gasteiger partial charge in [0.2, 0.25) is 11.4 Å². The minimum atomic E-state index is -0.819. The van der Waals surface area contributed by atoms with E-state index in [-0.39, 0.29) is 0 Å². The fourth-order valence-electron chi connectivity index (χ4n) is 14.8. The summed E-state index contributed by atoms with van der Waals surface area (Å²) in [6, 6.07) is 89.9. The average molecular weight is 1100 g/mol. The molecule has 86 heavy (non-hydrogen) atoms. The Balaban J connectivity index is 1.01. The number of hydrogen-bond acceptors (Lipinski definition) is 4. The number of benzene rings is 13. The minimum absolute atomic E-state index is 0.476. The molecule has 3 aromatic heterocycles. The zero-order valence-corrected chi connectivity index (χ0v) is 46.7. The number of aromatic nitrogens is 1. The summed E-state index contributed by atoms with van der Waals surface area (Å²) in [5, 5.41) is 10.7. The molecule has 16 aromatic rings. The van der Waals surface area contributed by atoms with Gasteiger partial charge in [-0.1, -0.05) is 187 Å². The average Bonchev–Trinajstić information content (AvgIpc) is 1.48. The Morgan fingerprint density at radius 1 is 0.360 bits per heavy atom. The van der Waals surface area contributed by atoms with Gasteiger partial charge in [0.15, 0.2) is 11.2 Å². The number of furan rings is 2. The summed E-state index contributed by atoms with van der Waals surface area (Å²) in [4.78, 5) is 12.5. The van der Waals surface area contributed by atoms with Gasteiger partial charge in [-0.3, -0.25) is 0 Å². The normalized spacial score (nSPS) is 12.8. The second-order valence-electron chi connectivity index (χ2n) is 23.0. The highest BCUT2D eigenvalue weighted by atomic mass is 16.3. The molecule has 0 fully saturated rings. The molecule has 2 aliphatic rings. The molecule has 13 aromatic carbocycles. The van der Waals surface area contributed by atoms with Crippen LogP contribution in [0.3, 0.4) is 0 Å². The Morgan fingerprint density at radius 2 is 0.826 bits per heavy atom.